The smallest absolute Gasteiger partial charge is 0.331 e. The number of hydrogen-bond acceptors (Lipinski definition) is 4. The lowest BCUT2D eigenvalue weighted by molar-refractivity contribution is -0.131. The van der Waals surface area contributed by atoms with E-state index in [0.29, 0.717) is 31.7 Å². The molecule has 0 atom stereocenters. The second-order valence-corrected chi connectivity index (χ2v) is 4.93. The van der Waals surface area contributed by atoms with Gasteiger partial charge in [-0.2, -0.15) is 5.26 Å². The largest absolute Gasteiger partial charge is 0.342 e. The number of fused-ring (bicyclic) bond motifs is 1. The molecule has 1 aliphatic rings. The Balaban J connectivity index is 2.51. The monoisotopic (exact) mass is 290 g/mol. The average molecular weight is 290 g/mol. The third-order valence-electron chi connectivity index (χ3n) is 3.85. The minimum Gasteiger partial charge on any atom is -0.342 e. The Morgan fingerprint density at radius 2 is 2.00 bits per heavy atom. The Morgan fingerprint density at radius 1 is 1.33 bits per heavy atom. The zero-order chi connectivity index (χ0) is 15.6. The summed E-state index contributed by atoms with van der Waals surface area (Å²) in [5, 5.41) is 9.16. The predicted molar refractivity (Wildman–Crippen MR) is 75.9 cm³/mol. The summed E-state index contributed by atoms with van der Waals surface area (Å²) in [6.07, 6.45) is 1.29. The van der Waals surface area contributed by atoms with Gasteiger partial charge in [-0.3, -0.25) is 14.2 Å². The van der Waals surface area contributed by atoms with Crippen LogP contribution in [0.2, 0.25) is 0 Å². The normalized spacial score (nSPS) is 12.8. The number of amides is 1. The molecule has 0 fully saturated rings. The van der Waals surface area contributed by atoms with Gasteiger partial charge in [0.1, 0.15) is 18.2 Å². The number of carbonyl (C=O) groups is 1. The Morgan fingerprint density at radius 3 is 2.57 bits per heavy atom. The molecule has 0 unspecified atom stereocenters. The van der Waals surface area contributed by atoms with Crippen molar-refractivity contribution in [1.82, 2.24) is 14.0 Å². The van der Waals surface area contributed by atoms with E-state index in [9.17, 15) is 14.4 Å². The number of nitrogens with zero attached hydrogens (tertiary/aromatic N) is 4. The molecule has 0 bridgehead atoms. The summed E-state index contributed by atoms with van der Waals surface area (Å²) >= 11 is 0. The molecular formula is C14H18N4O3. The van der Waals surface area contributed by atoms with E-state index in [1.807, 2.05) is 19.9 Å². The molecule has 1 aromatic rings. The fourth-order valence-electron chi connectivity index (χ4n) is 2.70. The Labute approximate surface area is 122 Å². The number of hydrogen-bond donors (Lipinski definition) is 0. The second-order valence-electron chi connectivity index (χ2n) is 4.93. The summed E-state index contributed by atoms with van der Waals surface area (Å²) in [6.45, 7) is 4.88. The van der Waals surface area contributed by atoms with Crippen molar-refractivity contribution in [3.05, 3.63) is 32.1 Å². The van der Waals surface area contributed by atoms with E-state index in [0.717, 1.165) is 11.0 Å². The van der Waals surface area contributed by atoms with Crippen molar-refractivity contribution in [3.8, 4) is 6.07 Å². The number of likely N-dealkylation sites (N-methyl/N-ethyl adjacent to an activating group) is 1. The highest BCUT2D eigenvalue weighted by atomic mass is 16.2. The zero-order valence-corrected chi connectivity index (χ0v) is 12.3. The van der Waals surface area contributed by atoms with E-state index in [1.54, 1.807) is 4.90 Å². The number of rotatable bonds is 4. The van der Waals surface area contributed by atoms with Crippen LogP contribution in [0.3, 0.4) is 0 Å². The third kappa shape index (κ3) is 2.49. The van der Waals surface area contributed by atoms with Gasteiger partial charge in [0.25, 0.3) is 5.56 Å². The average Bonchev–Trinajstić information content (AvgIpc) is 2.94. The summed E-state index contributed by atoms with van der Waals surface area (Å²) in [6, 6.07) is 1.88. The van der Waals surface area contributed by atoms with Gasteiger partial charge < -0.3 is 4.90 Å². The van der Waals surface area contributed by atoms with E-state index in [1.165, 1.54) is 4.57 Å². The van der Waals surface area contributed by atoms with Crippen molar-refractivity contribution in [1.29, 1.82) is 5.26 Å². The van der Waals surface area contributed by atoms with Crippen molar-refractivity contribution in [2.24, 2.45) is 0 Å². The molecular weight excluding hydrogens is 272 g/mol. The minimum atomic E-state index is -0.656. The van der Waals surface area contributed by atoms with Crippen LogP contribution >= 0.6 is 0 Å². The number of carbonyl (C=O) groups excluding carboxylic acids is 1. The van der Waals surface area contributed by atoms with Crippen molar-refractivity contribution in [2.75, 3.05) is 13.1 Å². The molecule has 0 aliphatic carbocycles. The SMILES string of the molecule is CCN(CC)C(=O)Cn1c(=O)c(C#N)c2n(c1=O)CCC2. The summed E-state index contributed by atoms with van der Waals surface area (Å²) in [5.74, 6) is -0.290. The van der Waals surface area contributed by atoms with Crippen LogP contribution in [-0.2, 0) is 24.3 Å². The molecule has 0 radical (unpaired) electrons. The van der Waals surface area contributed by atoms with Gasteiger partial charge in [0.15, 0.2) is 0 Å². The van der Waals surface area contributed by atoms with Gasteiger partial charge in [0.2, 0.25) is 5.91 Å². The molecule has 1 aliphatic heterocycles. The summed E-state index contributed by atoms with van der Waals surface area (Å²) in [5.41, 5.74) is -0.665. The van der Waals surface area contributed by atoms with E-state index >= 15 is 0 Å². The number of nitriles is 1. The van der Waals surface area contributed by atoms with Crippen molar-refractivity contribution in [3.63, 3.8) is 0 Å². The Hall–Kier alpha value is -2.36. The highest BCUT2D eigenvalue weighted by Gasteiger charge is 2.24. The molecule has 112 valence electrons. The maximum atomic E-state index is 12.3. The molecule has 7 nitrogen and oxygen atoms in total. The molecule has 7 heteroatoms. The van der Waals surface area contributed by atoms with E-state index < -0.39 is 11.2 Å². The molecule has 1 amide bonds. The maximum Gasteiger partial charge on any atom is 0.331 e. The van der Waals surface area contributed by atoms with Gasteiger partial charge in [0.05, 0.1) is 0 Å². The van der Waals surface area contributed by atoms with E-state index in [2.05, 4.69) is 0 Å². The first-order chi connectivity index (χ1) is 10.0. The molecule has 0 N–H and O–H groups in total. The topological polar surface area (TPSA) is 88.1 Å². The van der Waals surface area contributed by atoms with Crippen LogP contribution in [0.1, 0.15) is 31.5 Å². The first-order valence-electron chi connectivity index (χ1n) is 7.09. The van der Waals surface area contributed by atoms with Crippen LogP contribution in [-0.4, -0.2) is 33.0 Å². The van der Waals surface area contributed by atoms with Gasteiger partial charge in [-0.15, -0.1) is 0 Å². The van der Waals surface area contributed by atoms with Crippen LogP contribution < -0.4 is 11.2 Å². The van der Waals surface area contributed by atoms with Crippen LogP contribution in [0.15, 0.2) is 9.59 Å². The lowest BCUT2D eigenvalue weighted by Crippen LogP contribution is -2.46. The lowest BCUT2D eigenvalue weighted by atomic mass is 10.2. The molecule has 21 heavy (non-hydrogen) atoms. The second kappa shape index (κ2) is 5.95. The first-order valence-corrected chi connectivity index (χ1v) is 7.09. The molecule has 0 saturated carbocycles. The van der Waals surface area contributed by atoms with Gasteiger partial charge in [-0.25, -0.2) is 9.36 Å². The van der Waals surface area contributed by atoms with Crippen molar-refractivity contribution >= 4 is 5.91 Å². The summed E-state index contributed by atoms with van der Waals surface area (Å²) in [7, 11) is 0. The molecule has 0 aromatic carbocycles. The minimum absolute atomic E-state index is 0.0144. The summed E-state index contributed by atoms with van der Waals surface area (Å²) in [4.78, 5) is 38.3. The Kier molecular flexibility index (Phi) is 4.26. The van der Waals surface area contributed by atoms with E-state index in [4.69, 9.17) is 5.26 Å². The quantitative estimate of drug-likeness (QED) is 0.761. The predicted octanol–water partition coefficient (Wildman–Crippen LogP) is -0.304. The number of aromatic nitrogens is 2. The molecule has 0 spiro atoms. The molecule has 2 rings (SSSR count). The van der Waals surface area contributed by atoms with Crippen molar-refractivity contribution in [2.45, 2.75) is 39.8 Å². The van der Waals surface area contributed by atoms with Crippen LogP contribution in [0.5, 0.6) is 0 Å². The van der Waals surface area contributed by atoms with Gasteiger partial charge >= 0.3 is 5.69 Å². The van der Waals surface area contributed by atoms with Gasteiger partial charge in [0, 0.05) is 25.3 Å². The highest BCUT2D eigenvalue weighted by Crippen LogP contribution is 2.13. The molecule has 2 heterocycles. The maximum absolute atomic E-state index is 12.3. The standard InChI is InChI=1S/C14H18N4O3/c1-3-16(4-2)12(19)9-18-13(20)10(8-15)11-6-5-7-17(11)14(18)21/h3-7,9H2,1-2H3. The summed E-state index contributed by atoms with van der Waals surface area (Å²) < 4.78 is 2.32. The molecule has 0 saturated heterocycles. The van der Waals surface area contributed by atoms with Crippen LogP contribution in [0.4, 0.5) is 0 Å². The third-order valence-corrected chi connectivity index (χ3v) is 3.85. The van der Waals surface area contributed by atoms with Gasteiger partial charge in [-0.1, -0.05) is 0 Å². The van der Waals surface area contributed by atoms with E-state index in [-0.39, 0.29) is 18.0 Å². The van der Waals surface area contributed by atoms with Gasteiger partial charge in [-0.05, 0) is 26.7 Å². The zero-order valence-electron chi connectivity index (χ0n) is 12.3. The lowest BCUT2D eigenvalue weighted by Gasteiger charge is -2.19. The first kappa shape index (κ1) is 15.0. The fraction of sp³-hybridized carbons (Fsp3) is 0.571. The Bertz CT molecular complexity index is 719. The highest BCUT2D eigenvalue weighted by molar-refractivity contribution is 5.75. The van der Waals surface area contributed by atoms with Crippen LogP contribution in [0.25, 0.3) is 0 Å². The van der Waals surface area contributed by atoms with Crippen LogP contribution in [0, 0.1) is 11.3 Å². The molecule has 1 aromatic heterocycles. The fourth-order valence-corrected chi connectivity index (χ4v) is 2.70. The van der Waals surface area contributed by atoms with Crippen molar-refractivity contribution < 1.29 is 4.79 Å².